The van der Waals surface area contributed by atoms with Crippen molar-refractivity contribution in [3.8, 4) is 0 Å². The van der Waals surface area contributed by atoms with Crippen LogP contribution in [0, 0.1) is 0 Å². The Labute approximate surface area is 86.9 Å². The first-order valence-electron chi connectivity index (χ1n) is 4.97. The lowest BCUT2D eigenvalue weighted by Crippen LogP contribution is -2.67. The van der Waals surface area contributed by atoms with Crippen LogP contribution in [0.15, 0.2) is 0 Å². The molecule has 0 amide bonds. The van der Waals surface area contributed by atoms with Crippen LogP contribution in [-0.2, 0) is 9.53 Å². The maximum atomic E-state index is 11.2. The summed E-state index contributed by atoms with van der Waals surface area (Å²) >= 11 is 0. The lowest BCUT2D eigenvalue weighted by molar-refractivity contribution is -0.330. The van der Waals surface area contributed by atoms with Gasteiger partial charge in [-0.05, 0) is 0 Å². The first-order valence-corrected chi connectivity index (χ1v) is 4.26. The number of aliphatic hydroxyl groups is 5. The topological polar surface area (TPSA) is 127 Å². The molecule has 7 heteroatoms. The molecule has 88 valence electrons. The fraction of sp³-hybridized carbons (Fsp3) is 0.875. The van der Waals surface area contributed by atoms with Crippen LogP contribution in [0.1, 0.15) is 8.27 Å². The molecular weight excluding hydrogens is 208 g/mol. The van der Waals surface area contributed by atoms with Crippen LogP contribution in [0.5, 0.6) is 0 Å². The Morgan fingerprint density at radius 1 is 1.47 bits per heavy atom. The normalized spacial score (nSPS) is 47.4. The minimum atomic E-state index is -2.77. The van der Waals surface area contributed by atoms with Gasteiger partial charge in [0.05, 0.1) is 6.61 Å². The molecule has 1 fully saturated rings. The number of hydrogen-bond donors (Lipinski definition) is 5. The van der Waals surface area contributed by atoms with E-state index in [0.29, 0.717) is 0 Å². The quantitative estimate of drug-likeness (QED) is 0.332. The van der Waals surface area contributed by atoms with E-state index in [1.165, 1.54) is 0 Å². The van der Waals surface area contributed by atoms with Crippen LogP contribution in [0.25, 0.3) is 0 Å². The molecule has 5 atom stereocenters. The lowest BCUT2D eigenvalue weighted by atomic mass is 9.90. The Morgan fingerprint density at radius 2 is 2.07 bits per heavy atom. The molecule has 5 N–H and O–H groups in total. The first kappa shape index (κ1) is 10.9. The van der Waals surface area contributed by atoms with Gasteiger partial charge in [0.25, 0.3) is 5.79 Å². The second-order valence-corrected chi connectivity index (χ2v) is 3.38. The third-order valence-corrected chi connectivity index (χ3v) is 2.37. The standard InChI is InChI=1S/C8H14O7/c1-3(10)8(14)7(13)6(12)5(11)4(2-9)15-8/h4-7,9,11-14H,2H2,1H3/t4-,5+,6+,7-,8?/m1/s1/i1D. The van der Waals surface area contributed by atoms with Crippen LogP contribution in [0.2, 0.25) is 0 Å². The van der Waals surface area contributed by atoms with Crippen molar-refractivity contribution in [3.05, 3.63) is 0 Å². The first-order chi connectivity index (χ1) is 7.38. The van der Waals surface area contributed by atoms with E-state index < -0.39 is 49.5 Å². The van der Waals surface area contributed by atoms with Gasteiger partial charge in [0.15, 0.2) is 5.78 Å². The molecule has 0 saturated carbocycles. The van der Waals surface area contributed by atoms with Gasteiger partial charge in [0, 0.05) is 8.27 Å². The van der Waals surface area contributed by atoms with Crippen molar-refractivity contribution < 1.29 is 36.4 Å². The maximum absolute atomic E-state index is 11.2. The number of aliphatic hydroxyl groups excluding tert-OH is 4. The van der Waals surface area contributed by atoms with Gasteiger partial charge in [0.1, 0.15) is 24.4 Å². The predicted octanol–water partition coefficient (Wildman–Crippen LogP) is -3.26. The Hall–Kier alpha value is -0.570. The third-order valence-electron chi connectivity index (χ3n) is 2.37. The Balaban J connectivity index is 2.98. The number of ketones is 1. The molecule has 1 aliphatic heterocycles. The zero-order valence-corrected chi connectivity index (χ0v) is 7.78. The van der Waals surface area contributed by atoms with Crippen molar-refractivity contribution in [3.63, 3.8) is 0 Å². The van der Waals surface area contributed by atoms with Gasteiger partial charge in [-0.2, -0.15) is 0 Å². The summed E-state index contributed by atoms with van der Waals surface area (Å²) in [6, 6.07) is 0. The van der Waals surface area contributed by atoms with E-state index >= 15 is 0 Å². The van der Waals surface area contributed by atoms with Crippen molar-refractivity contribution in [1.82, 2.24) is 0 Å². The van der Waals surface area contributed by atoms with Gasteiger partial charge in [-0.25, -0.2) is 0 Å². The monoisotopic (exact) mass is 223 g/mol. The summed E-state index contributed by atoms with van der Waals surface area (Å²) in [6.45, 7) is -1.62. The minimum Gasteiger partial charge on any atom is -0.394 e. The minimum absolute atomic E-state index is 0.751. The molecule has 1 aliphatic rings. The predicted molar refractivity (Wildman–Crippen MR) is 45.6 cm³/mol. The fourth-order valence-electron chi connectivity index (χ4n) is 1.38. The van der Waals surface area contributed by atoms with Crippen molar-refractivity contribution in [2.45, 2.75) is 37.1 Å². The van der Waals surface area contributed by atoms with Crippen molar-refractivity contribution in [1.29, 1.82) is 0 Å². The Kier molecular flexibility index (Phi) is 3.01. The summed E-state index contributed by atoms with van der Waals surface area (Å²) in [5.74, 6) is -3.93. The van der Waals surface area contributed by atoms with Crippen molar-refractivity contribution in [2.24, 2.45) is 0 Å². The summed E-state index contributed by atoms with van der Waals surface area (Å²) in [6.07, 6.45) is -6.94. The molecule has 1 saturated heterocycles. The van der Waals surface area contributed by atoms with Crippen LogP contribution in [-0.4, -0.2) is 68.1 Å². The molecule has 0 spiro atoms. The van der Waals surface area contributed by atoms with Crippen molar-refractivity contribution in [2.75, 3.05) is 6.61 Å². The summed E-state index contributed by atoms with van der Waals surface area (Å²) in [5.41, 5.74) is 0. The van der Waals surface area contributed by atoms with Crippen LogP contribution in [0.4, 0.5) is 0 Å². The molecule has 0 bridgehead atoms. The van der Waals surface area contributed by atoms with E-state index in [4.69, 9.17) is 6.48 Å². The number of carbonyl (C=O) groups excluding carboxylic acids is 1. The molecule has 0 radical (unpaired) electrons. The molecule has 0 aromatic carbocycles. The SMILES string of the molecule is [2H]CC(=O)C1(O)O[C@H](CO)[C@H](O)[C@H](O)[C@H]1O. The molecule has 15 heavy (non-hydrogen) atoms. The van der Waals surface area contributed by atoms with E-state index in [1.807, 2.05) is 0 Å². The van der Waals surface area contributed by atoms with E-state index in [1.54, 1.807) is 0 Å². The van der Waals surface area contributed by atoms with E-state index in [2.05, 4.69) is 4.74 Å². The smallest absolute Gasteiger partial charge is 0.256 e. The highest BCUT2D eigenvalue weighted by Crippen LogP contribution is 2.28. The van der Waals surface area contributed by atoms with E-state index in [-0.39, 0.29) is 0 Å². The molecule has 7 nitrogen and oxygen atoms in total. The molecule has 1 heterocycles. The zero-order valence-electron chi connectivity index (χ0n) is 8.78. The number of rotatable bonds is 2. The second kappa shape index (κ2) is 4.12. The van der Waals surface area contributed by atoms with Crippen molar-refractivity contribution >= 4 is 5.78 Å². The lowest BCUT2D eigenvalue weighted by Gasteiger charge is -2.43. The number of carbonyl (C=O) groups is 1. The summed E-state index contributed by atoms with van der Waals surface area (Å²) in [4.78, 5) is 11.2. The largest absolute Gasteiger partial charge is 0.394 e. The van der Waals surface area contributed by atoms with Crippen LogP contribution < -0.4 is 0 Å². The van der Waals surface area contributed by atoms with Gasteiger partial charge in [-0.3, -0.25) is 4.79 Å². The molecule has 0 aromatic heterocycles. The van der Waals surface area contributed by atoms with Crippen LogP contribution in [0.3, 0.4) is 0 Å². The number of ether oxygens (including phenoxy) is 1. The van der Waals surface area contributed by atoms with E-state index in [0.717, 1.165) is 0 Å². The molecule has 0 aliphatic carbocycles. The number of Topliss-reactive ketones (excluding diaryl/α,β-unsaturated/α-hetero) is 1. The van der Waals surface area contributed by atoms with Gasteiger partial charge >= 0.3 is 0 Å². The summed E-state index contributed by atoms with van der Waals surface area (Å²) in [5, 5.41) is 46.6. The Morgan fingerprint density at radius 3 is 2.53 bits per heavy atom. The zero-order chi connectivity index (χ0) is 12.5. The van der Waals surface area contributed by atoms with Gasteiger partial charge in [0.2, 0.25) is 0 Å². The van der Waals surface area contributed by atoms with Gasteiger partial charge in [-0.15, -0.1) is 0 Å². The Bertz CT molecular complexity index is 271. The molecular formula is C8H14O7. The third kappa shape index (κ3) is 1.89. The number of hydrogen-bond acceptors (Lipinski definition) is 7. The highest BCUT2D eigenvalue weighted by atomic mass is 16.7. The molecule has 1 unspecified atom stereocenters. The highest BCUT2D eigenvalue weighted by molar-refractivity contribution is 5.84. The second-order valence-electron chi connectivity index (χ2n) is 3.38. The van der Waals surface area contributed by atoms with Gasteiger partial charge in [-0.1, -0.05) is 0 Å². The maximum Gasteiger partial charge on any atom is 0.256 e. The average molecular weight is 223 g/mol. The van der Waals surface area contributed by atoms with Gasteiger partial charge < -0.3 is 30.3 Å². The summed E-state index contributed by atoms with van der Waals surface area (Å²) < 4.78 is 11.4. The average Bonchev–Trinajstić information content (AvgIpc) is 2.30. The fourth-order valence-corrected chi connectivity index (χ4v) is 1.38. The summed E-state index contributed by atoms with van der Waals surface area (Å²) in [7, 11) is 0. The van der Waals surface area contributed by atoms with E-state index in [9.17, 15) is 25.2 Å². The molecule has 1 rings (SSSR count). The highest BCUT2D eigenvalue weighted by Gasteiger charge is 2.55. The van der Waals surface area contributed by atoms with Crippen LogP contribution >= 0.6 is 0 Å². The molecule has 0 aromatic rings.